The molecule has 0 bridgehead atoms. The van der Waals surface area contributed by atoms with Crippen molar-refractivity contribution in [1.29, 1.82) is 0 Å². The third-order valence-electron chi connectivity index (χ3n) is 4.92. The van der Waals surface area contributed by atoms with Gasteiger partial charge >= 0.3 is 0 Å². The maximum atomic E-state index is 13.0. The molecular weight excluding hydrogens is 396 g/mol. The molecule has 0 saturated carbocycles. The molecule has 7 nitrogen and oxygen atoms in total. The van der Waals surface area contributed by atoms with Crippen LogP contribution in [0.5, 0.6) is 0 Å². The first-order chi connectivity index (χ1) is 13.5. The van der Waals surface area contributed by atoms with Crippen LogP contribution in [-0.4, -0.2) is 47.6 Å². The Bertz CT molecular complexity index is 1040. The van der Waals surface area contributed by atoms with E-state index in [1.165, 1.54) is 0 Å². The zero-order valence-electron chi connectivity index (χ0n) is 16.0. The van der Waals surface area contributed by atoms with Crippen LogP contribution in [-0.2, 0) is 27.1 Å². The van der Waals surface area contributed by atoms with Crippen LogP contribution in [0.4, 0.5) is 0 Å². The van der Waals surface area contributed by atoms with E-state index in [1.807, 2.05) is 28.2 Å². The second-order valence-electron chi connectivity index (χ2n) is 6.68. The molecule has 0 unspecified atom stereocenters. The van der Waals surface area contributed by atoms with Crippen LogP contribution in [0, 0.1) is 0 Å². The highest BCUT2D eigenvalue weighted by molar-refractivity contribution is 7.99. The van der Waals surface area contributed by atoms with Crippen LogP contribution in [0.15, 0.2) is 29.4 Å². The van der Waals surface area contributed by atoms with Gasteiger partial charge in [0.25, 0.3) is 5.91 Å². The molecule has 0 saturated heterocycles. The molecule has 0 N–H and O–H groups in total. The number of aryl methyl sites for hydroxylation is 1. The second-order valence-corrected chi connectivity index (χ2v) is 8.35. The smallest absolute Gasteiger partial charge is 0.254 e. The molecule has 28 heavy (non-hydrogen) atoms. The van der Waals surface area contributed by atoms with Gasteiger partial charge in [0, 0.05) is 48.9 Å². The fourth-order valence-corrected chi connectivity index (χ4v) is 4.35. The van der Waals surface area contributed by atoms with Gasteiger partial charge in [0.2, 0.25) is 0 Å². The quantitative estimate of drug-likeness (QED) is 0.611. The number of carbonyl (C=O) groups is 1. The largest absolute Gasteiger partial charge is 0.334 e. The topological polar surface area (TPSA) is 68.8 Å². The van der Waals surface area contributed by atoms with Gasteiger partial charge < -0.3 is 9.47 Å². The van der Waals surface area contributed by atoms with Crippen LogP contribution >= 0.6 is 23.4 Å². The molecule has 3 heterocycles. The minimum absolute atomic E-state index is 0.0249. The van der Waals surface area contributed by atoms with Gasteiger partial charge in [0.1, 0.15) is 5.69 Å². The fourth-order valence-electron chi connectivity index (χ4n) is 3.53. The first-order valence-electron chi connectivity index (χ1n) is 9.11. The van der Waals surface area contributed by atoms with Crippen molar-refractivity contribution in [3.63, 3.8) is 0 Å². The first kappa shape index (κ1) is 19.0. The third kappa shape index (κ3) is 3.31. The lowest BCUT2D eigenvalue weighted by Crippen LogP contribution is -2.36. The highest BCUT2D eigenvalue weighted by Crippen LogP contribution is 2.31. The summed E-state index contributed by atoms with van der Waals surface area (Å²) in [6.45, 7) is 3.22. The number of rotatable bonds is 4. The monoisotopic (exact) mass is 416 g/mol. The molecular formula is C19H21ClN6OS. The van der Waals surface area contributed by atoms with Crippen molar-refractivity contribution in [2.24, 2.45) is 14.1 Å². The highest BCUT2D eigenvalue weighted by atomic mass is 35.5. The van der Waals surface area contributed by atoms with E-state index in [0.717, 1.165) is 40.1 Å². The Morgan fingerprint density at radius 3 is 2.86 bits per heavy atom. The number of benzene rings is 1. The van der Waals surface area contributed by atoms with E-state index in [0.29, 0.717) is 23.7 Å². The molecule has 0 fully saturated rings. The molecule has 3 aromatic rings. The number of hydrogen-bond acceptors (Lipinski definition) is 5. The van der Waals surface area contributed by atoms with Crippen LogP contribution in [0.1, 0.15) is 28.5 Å². The Balaban J connectivity index is 1.68. The van der Waals surface area contributed by atoms with Gasteiger partial charge in [-0.25, -0.2) is 0 Å². The Hall–Kier alpha value is -2.32. The number of nitrogens with zero attached hydrogens (tertiary/aromatic N) is 6. The van der Waals surface area contributed by atoms with Crippen LogP contribution in [0.25, 0.3) is 11.5 Å². The summed E-state index contributed by atoms with van der Waals surface area (Å²) in [5.74, 6) is 1.63. The van der Waals surface area contributed by atoms with Crippen molar-refractivity contribution in [3.05, 3.63) is 46.1 Å². The number of hydrogen-bond donors (Lipinski definition) is 0. The summed E-state index contributed by atoms with van der Waals surface area (Å²) in [6.07, 6.45) is 0.750. The first-order valence-corrected chi connectivity index (χ1v) is 10.5. The normalized spacial score (nSPS) is 13.6. The molecule has 0 radical (unpaired) electrons. The fraction of sp³-hybridized carbons (Fsp3) is 0.368. The number of amides is 1. The van der Waals surface area contributed by atoms with Gasteiger partial charge in [0.15, 0.2) is 11.0 Å². The van der Waals surface area contributed by atoms with Crippen molar-refractivity contribution in [2.45, 2.75) is 25.0 Å². The molecule has 0 atom stereocenters. The van der Waals surface area contributed by atoms with Crippen molar-refractivity contribution in [2.75, 3.05) is 12.3 Å². The Morgan fingerprint density at radius 2 is 2.11 bits per heavy atom. The summed E-state index contributed by atoms with van der Waals surface area (Å²) >= 11 is 7.70. The van der Waals surface area contributed by atoms with Crippen molar-refractivity contribution in [1.82, 2.24) is 29.4 Å². The summed E-state index contributed by atoms with van der Waals surface area (Å²) in [5.41, 5.74) is 3.56. The van der Waals surface area contributed by atoms with Gasteiger partial charge in [-0.3, -0.25) is 9.48 Å². The minimum atomic E-state index is -0.0249. The van der Waals surface area contributed by atoms with Crippen LogP contribution < -0.4 is 0 Å². The maximum Gasteiger partial charge on any atom is 0.254 e. The molecule has 1 aromatic carbocycles. The highest BCUT2D eigenvalue weighted by Gasteiger charge is 2.29. The summed E-state index contributed by atoms with van der Waals surface area (Å²) in [7, 11) is 3.89. The van der Waals surface area contributed by atoms with E-state index < -0.39 is 0 Å². The van der Waals surface area contributed by atoms with E-state index in [9.17, 15) is 4.79 Å². The van der Waals surface area contributed by atoms with Gasteiger partial charge in [-0.2, -0.15) is 5.10 Å². The lowest BCUT2D eigenvalue weighted by atomic mass is 10.0. The molecule has 0 aliphatic carbocycles. The molecule has 0 spiro atoms. The van der Waals surface area contributed by atoms with E-state index in [-0.39, 0.29) is 5.91 Å². The van der Waals surface area contributed by atoms with Crippen molar-refractivity contribution < 1.29 is 4.79 Å². The number of aromatic nitrogens is 5. The number of halogens is 1. The maximum absolute atomic E-state index is 13.0. The SMILES string of the molecule is CCSc1nnc(-c2nn(C)c3c2CN(C(=O)c2cccc(Cl)c2)CC3)n1C. The van der Waals surface area contributed by atoms with Gasteiger partial charge in [0.05, 0.1) is 6.54 Å². The molecule has 2 aromatic heterocycles. The van der Waals surface area contributed by atoms with E-state index in [1.54, 1.807) is 36.0 Å². The predicted octanol–water partition coefficient (Wildman–Crippen LogP) is 3.18. The number of thioether (sulfide) groups is 1. The van der Waals surface area contributed by atoms with E-state index >= 15 is 0 Å². The third-order valence-corrected chi connectivity index (χ3v) is 6.06. The minimum Gasteiger partial charge on any atom is -0.334 e. The van der Waals surface area contributed by atoms with E-state index in [2.05, 4.69) is 17.1 Å². The molecule has 1 aliphatic heterocycles. The van der Waals surface area contributed by atoms with Gasteiger partial charge in [-0.1, -0.05) is 36.4 Å². The summed E-state index contributed by atoms with van der Waals surface area (Å²) in [6, 6.07) is 7.07. The summed E-state index contributed by atoms with van der Waals surface area (Å²) in [4.78, 5) is 14.8. The zero-order valence-corrected chi connectivity index (χ0v) is 17.6. The van der Waals surface area contributed by atoms with Crippen molar-refractivity contribution >= 4 is 29.3 Å². The molecule has 4 rings (SSSR count). The second kappa shape index (κ2) is 7.60. The number of carbonyl (C=O) groups excluding carboxylic acids is 1. The summed E-state index contributed by atoms with van der Waals surface area (Å²) in [5, 5.41) is 14.8. The molecule has 1 aliphatic rings. The van der Waals surface area contributed by atoms with Crippen molar-refractivity contribution in [3.8, 4) is 11.5 Å². The summed E-state index contributed by atoms with van der Waals surface area (Å²) < 4.78 is 3.86. The van der Waals surface area contributed by atoms with Crippen LogP contribution in [0.3, 0.4) is 0 Å². The van der Waals surface area contributed by atoms with Crippen LogP contribution in [0.2, 0.25) is 5.02 Å². The standard InChI is InChI=1S/C19H21ClN6OS/c1-4-28-19-22-21-17(24(19)2)16-14-11-26(9-8-15(14)25(3)23-16)18(27)12-6-5-7-13(20)10-12/h5-7,10H,4,8-9,11H2,1-3H3. The van der Waals surface area contributed by atoms with Gasteiger partial charge in [-0.05, 0) is 24.0 Å². The molecule has 146 valence electrons. The Morgan fingerprint density at radius 1 is 1.29 bits per heavy atom. The lowest BCUT2D eigenvalue weighted by Gasteiger charge is -2.27. The predicted molar refractivity (Wildman–Crippen MR) is 109 cm³/mol. The Kier molecular flexibility index (Phi) is 5.16. The van der Waals surface area contributed by atoms with Gasteiger partial charge in [-0.15, -0.1) is 10.2 Å². The zero-order chi connectivity index (χ0) is 19.8. The van der Waals surface area contributed by atoms with E-state index in [4.69, 9.17) is 16.7 Å². The average Bonchev–Trinajstić information content (AvgIpc) is 3.21. The lowest BCUT2D eigenvalue weighted by molar-refractivity contribution is 0.0733. The average molecular weight is 417 g/mol. The molecule has 1 amide bonds. The molecule has 9 heteroatoms. The Labute approximate surface area is 172 Å². The number of fused-ring (bicyclic) bond motifs is 1.